The van der Waals surface area contributed by atoms with E-state index < -0.39 is 23.9 Å². The summed E-state index contributed by atoms with van der Waals surface area (Å²) in [6, 6.07) is 13.5. The molecule has 2 aliphatic heterocycles. The Morgan fingerprint density at radius 2 is 1.87 bits per heavy atom. The third kappa shape index (κ3) is 3.77. The average Bonchev–Trinajstić information content (AvgIpc) is 3.04. The lowest BCUT2D eigenvalue weighted by Gasteiger charge is -2.37. The second kappa shape index (κ2) is 7.93. The molecule has 0 amide bonds. The summed E-state index contributed by atoms with van der Waals surface area (Å²) in [5, 5.41) is 10.4. The molecule has 4 rings (SSSR count). The predicted molar refractivity (Wildman–Crippen MR) is 111 cm³/mol. The molecule has 2 aromatic carbocycles. The summed E-state index contributed by atoms with van der Waals surface area (Å²) in [4.78, 5) is 12.7. The summed E-state index contributed by atoms with van der Waals surface area (Å²) in [5.74, 6) is 0.664. The Morgan fingerprint density at radius 3 is 2.53 bits per heavy atom. The Morgan fingerprint density at radius 1 is 1.13 bits per heavy atom. The molecule has 1 saturated heterocycles. The van der Waals surface area contributed by atoms with Crippen LogP contribution in [0.25, 0.3) is 0 Å². The van der Waals surface area contributed by atoms with Crippen LogP contribution in [0.4, 0.5) is 0 Å². The van der Waals surface area contributed by atoms with Gasteiger partial charge >= 0.3 is 5.97 Å². The van der Waals surface area contributed by atoms with Gasteiger partial charge in [-0.05, 0) is 55.2 Å². The number of carbonyl (C=O) groups excluding carboxylic acids is 1. The third-order valence-electron chi connectivity index (χ3n) is 6.16. The third-order valence-corrected chi connectivity index (χ3v) is 6.16. The molecule has 0 spiro atoms. The zero-order chi connectivity index (χ0) is 21.5. The van der Waals surface area contributed by atoms with Crippen molar-refractivity contribution < 1.29 is 28.8 Å². The minimum absolute atomic E-state index is 0.167. The minimum Gasteiger partial charge on any atom is -0.497 e. The lowest BCUT2D eigenvalue weighted by molar-refractivity contribution is -0.161. The molecule has 1 N–H and O–H groups in total. The van der Waals surface area contributed by atoms with Crippen molar-refractivity contribution in [1.82, 2.24) is 0 Å². The van der Waals surface area contributed by atoms with Crippen molar-refractivity contribution in [2.24, 2.45) is 5.92 Å². The van der Waals surface area contributed by atoms with Gasteiger partial charge in [-0.25, -0.2) is 0 Å². The zero-order valence-electron chi connectivity index (χ0n) is 17.8. The molecule has 2 heterocycles. The number of aliphatic hydroxyl groups is 1. The Balaban J connectivity index is 1.61. The van der Waals surface area contributed by atoms with E-state index in [0.29, 0.717) is 12.8 Å². The summed E-state index contributed by atoms with van der Waals surface area (Å²) >= 11 is 0. The molecule has 2 aromatic rings. The first-order valence-corrected chi connectivity index (χ1v) is 10.2. The van der Waals surface area contributed by atoms with Crippen molar-refractivity contribution >= 4 is 5.97 Å². The molecule has 1 fully saturated rings. The minimum atomic E-state index is -0.610. The highest BCUT2D eigenvalue weighted by Crippen LogP contribution is 2.41. The monoisotopic (exact) mass is 412 g/mol. The van der Waals surface area contributed by atoms with E-state index in [1.165, 1.54) is 0 Å². The van der Waals surface area contributed by atoms with Crippen LogP contribution in [0, 0.1) is 5.92 Å². The molecule has 4 atom stereocenters. The molecular weight excluding hydrogens is 384 g/mol. The first-order valence-electron chi connectivity index (χ1n) is 10.2. The topological polar surface area (TPSA) is 74.2 Å². The van der Waals surface area contributed by atoms with Crippen LogP contribution in [0.3, 0.4) is 0 Å². The highest BCUT2D eigenvalue weighted by molar-refractivity contribution is 5.81. The molecule has 0 aromatic heterocycles. The molecule has 0 aliphatic carbocycles. The Kier molecular flexibility index (Phi) is 5.47. The van der Waals surface area contributed by atoms with Crippen LogP contribution in [-0.4, -0.2) is 43.3 Å². The fourth-order valence-corrected chi connectivity index (χ4v) is 4.34. The Labute approximate surface area is 176 Å². The van der Waals surface area contributed by atoms with Gasteiger partial charge in [-0.3, -0.25) is 4.79 Å². The first-order chi connectivity index (χ1) is 14.3. The van der Waals surface area contributed by atoms with Crippen LogP contribution >= 0.6 is 0 Å². The SMILES string of the molecule is COc1ccc(C2C(=O)O[C@@H](OC)C2Cc2ccc3c(c2)CC(O)C(C)(C)O3)cc1. The number of rotatable bonds is 5. The van der Waals surface area contributed by atoms with Gasteiger partial charge in [0.2, 0.25) is 6.29 Å². The van der Waals surface area contributed by atoms with Crippen LogP contribution in [-0.2, 0) is 27.1 Å². The predicted octanol–water partition coefficient (Wildman–Crippen LogP) is 3.24. The number of hydrogen-bond donors (Lipinski definition) is 1. The van der Waals surface area contributed by atoms with E-state index in [4.69, 9.17) is 18.9 Å². The molecule has 0 radical (unpaired) electrons. The maximum absolute atomic E-state index is 12.7. The maximum atomic E-state index is 12.7. The zero-order valence-corrected chi connectivity index (χ0v) is 17.8. The van der Waals surface area contributed by atoms with Crippen LogP contribution in [0.2, 0.25) is 0 Å². The van der Waals surface area contributed by atoms with Gasteiger partial charge in [-0.15, -0.1) is 0 Å². The van der Waals surface area contributed by atoms with E-state index in [1.54, 1.807) is 14.2 Å². The smallest absolute Gasteiger partial charge is 0.316 e. The van der Waals surface area contributed by atoms with Crippen molar-refractivity contribution in [3.8, 4) is 11.5 Å². The normalized spacial score (nSPS) is 27.2. The number of carbonyl (C=O) groups is 1. The quantitative estimate of drug-likeness (QED) is 0.760. The fourth-order valence-electron chi connectivity index (χ4n) is 4.34. The van der Waals surface area contributed by atoms with E-state index in [1.807, 2.05) is 56.3 Å². The second-order valence-electron chi connectivity index (χ2n) is 8.53. The summed E-state index contributed by atoms with van der Waals surface area (Å²) in [5.41, 5.74) is 2.29. The molecule has 6 heteroatoms. The van der Waals surface area contributed by atoms with Crippen LogP contribution in [0.15, 0.2) is 42.5 Å². The molecular formula is C24H28O6. The second-order valence-corrected chi connectivity index (χ2v) is 8.53. The number of aliphatic hydroxyl groups excluding tert-OH is 1. The van der Waals surface area contributed by atoms with E-state index in [2.05, 4.69) is 0 Å². The maximum Gasteiger partial charge on any atom is 0.316 e. The molecule has 160 valence electrons. The van der Waals surface area contributed by atoms with Crippen molar-refractivity contribution in [3.05, 3.63) is 59.2 Å². The van der Waals surface area contributed by atoms with Gasteiger partial charge in [0.25, 0.3) is 0 Å². The van der Waals surface area contributed by atoms with Gasteiger partial charge in [0.1, 0.15) is 17.1 Å². The number of ether oxygens (including phenoxy) is 4. The van der Waals surface area contributed by atoms with E-state index in [-0.39, 0.29) is 11.9 Å². The number of hydrogen-bond acceptors (Lipinski definition) is 6. The van der Waals surface area contributed by atoms with Gasteiger partial charge in [-0.2, -0.15) is 0 Å². The average molecular weight is 412 g/mol. The van der Waals surface area contributed by atoms with Crippen molar-refractivity contribution in [2.45, 2.75) is 50.6 Å². The highest BCUT2D eigenvalue weighted by atomic mass is 16.7. The van der Waals surface area contributed by atoms with E-state index in [0.717, 1.165) is 28.2 Å². The van der Waals surface area contributed by atoms with Gasteiger partial charge < -0.3 is 24.1 Å². The van der Waals surface area contributed by atoms with Crippen molar-refractivity contribution in [1.29, 1.82) is 0 Å². The fraction of sp³-hybridized carbons (Fsp3) is 0.458. The molecule has 30 heavy (non-hydrogen) atoms. The van der Waals surface area contributed by atoms with Crippen molar-refractivity contribution in [2.75, 3.05) is 14.2 Å². The molecule has 3 unspecified atom stereocenters. The van der Waals surface area contributed by atoms with Gasteiger partial charge in [0.15, 0.2) is 0 Å². The number of fused-ring (bicyclic) bond motifs is 1. The number of methoxy groups -OCH3 is 2. The van der Waals surface area contributed by atoms with Crippen molar-refractivity contribution in [3.63, 3.8) is 0 Å². The van der Waals surface area contributed by atoms with E-state index in [9.17, 15) is 9.90 Å². The number of benzene rings is 2. The van der Waals surface area contributed by atoms with Gasteiger partial charge in [0, 0.05) is 19.4 Å². The first kappa shape index (κ1) is 20.7. The summed E-state index contributed by atoms with van der Waals surface area (Å²) in [7, 11) is 3.17. The highest BCUT2D eigenvalue weighted by Gasteiger charge is 2.46. The summed E-state index contributed by atoms with van der Waals surface area (Å²) in [6.07, 6.45) is -0.0450. The number of esters is 1. The van der Waals surface area contributed by atoms with Gasteiger partial charge in [-0.1, -0.05) is 24.3 Å². The van der Waals surface area contributed by atoms with Crippen LogP contribution in [0.1, 0.15) is 36.5 Å². The summed E-state index contributed by atoms with van der Waals surface area (Å²) in [6.45, 7) is 3.78. The number of cyclic esters (lactones) is 1. The molecule has 2 aliphatic rings. The lowest BCUT2D eigenvalue weighted by atomic mass is 9.82. The molecule has 0 bridgehead atoms. The van der Waals surface area contributed by atoms with E-state index >= 15 is 0 Å². The summed E-state index contributed by atoms with van der Waals surface area (Å²) < 4.78 is 22.2. The molecule has 0 saturated carbocycles. The van der Waals surface area contributed by atoms with Gasteiger partial charge in [0.05, 0.1) is 19.1 Å². The Bertz CT molecular complexity index is 920. The largest absolute Gasteiger partial charge is 0.497 e. The molecule has 6 nitrogen and oxygen atoms in total. The Hall–Kier alpha value is -2.57. The lowest BCUT2D eigenvalue weighted by Crippen LogP contribution is -2.46. The van der Waals surface area contributed by atoms with Crippen LogP contribution in [0.5, 0.6) is 11.5 Å². The van der Waals surface area contributed by atoms with Crippen LogP contribution < -0.4 is 9.47 Å². The standard InChI is InChI=1S/C24H28O6/c1-24(2)20(25)13-16-11-14(5-10-19(16)30-24)12-18-21(22(26)29-23(18)28-4)15-6-8-17(27-3)9-7-15/h5-11,18,20-21,23,25H,12-13H2,1-4H3/t18?,20?,21?,23-/m1/s1.